The highest BCUT2D eigenvalue weighted by Gasteiger charge is 2.30. The first-order valence-electron chi connectivity index (χ1n) is 5.06. The average Bonchev–Trinajstić information content (AvgIpc) is 2.34. The Hall–Kier alpha value is -0.370. The lowest BCUT2D eigenvalue weighted by atomic mass is 9.85. The third-order valence-electron chi connectivity index (χ3n) is 2.76. The van der Waals surface area contributed by atoms with E-state index >= 15 is 0 Å². The normalized spacial score (nSPS) is 29.2. The van der Waals surface area contributed by atoms with Crippen LogP contribution >= 0.6 is 0 Å². The Morgan fingerprint density at radius 3 is 2.46 bits per heavy atom. The minimum atomic E-state index is -0.217. The van der Waals surface area contributed by atoms with Gasteiger partial charge in [-0.3, -0.25) is 4.79 Å². The molecule has 76 valence electrons. The smallest absolute Gasteiger partial charge is 0.140 e. The number of Topliss-reactive ketones (excluding diaryl/α,β-unsaturated/α-hetero) is 1. The van der Waals surface area contributed by atoms with Crippen LogP contribution in [-0.2, 0) is 9.53 Å². The molecule has 1 rings (SSSR count). The van der Waals surface area contributed by atoms with Crippen LogP contribution in [0.1, 0.15) is 40.5 Å². The van der Waals surface area contributed by atoms with E-state index in [1.54, 1.807) is 0 Å². The van der Waals surface area contributed by atoms with E-state index in [0.717, 1.165) is 13.0 Å². The van der Waals surface area contributed by atoms with Crippen molar-refractivity contribution < 1.29 is 9.53 Å². The summed E-state index contributed by atoms with van der Waals surface area (Å²) in [6, 6.07) is 0. The summed E-state index contributed by atoms with van der Waals surface area (Å²) in [6.45, 7) is 8.88. The van der Waals surface area contributed by atoms with Gasteiger partial charge in [-0.2, -0.15) is 0 Å². The van der Waals surface area contributed by atoms with Crippen molar-refractivity contribution in [3.63, 3.8) is 0 Å². The Morgan fingerprint density at radius 1 is 1.46 bits per heavy atom. The molecule has 0 aromatic carbocycles. The average molecular weight is 184 g/mol. The molecule has 1 saturated heterocycles. The SMILES string of the molecule is C[C@@H]1CCO[C@@H]1CC(=O)C(C)(C)C. The molecule has 1 heterocycles. The maximum atomic E-state index is 11.7. The van der Waals surface area contributed by atoms with Crippen molar-refractivity contribution >= 4 is 5.78 Å². The zero-order valence-electron chi connectivity index (χ0n) is 9.09. The molecule has 0 bridgehead atoms. The Labute approximate surface area is 80.7 Å². The zero-order valence-corrected chi connectivity index (χ0v) is 9.09. The number of ketones is 1. The molecule has 1 aliphatic heterocycles. The van der Waals surface area contributed by atoms with Crippen LogP contribution in [0.3, 0.4) is 0 Å². The van der Waals surface area contributed by atoms with E-state index < -0.39 is 0 Å². The summed E-state index contributed by atoms with van der Waals surface area (Å²) in [5, 5.41) is 0. The van der Waals surface area contributed by atoms with E-state index in [9.17, 15) is 4.79 Å². The van der Waals surface area contributed by atoms with Crippen molar-refractivity contribution in [1.29, 1.82) is 0 Å². The Kier molecular flexibility index (Phi) is 3.12. The largest absolute Gasteiger partial charge is 0.377 e. The molecule has 13 heavy (non-hydrogen) atoms. The highest BCUT2D eigenvalue weighted by molar-refractivity contribution is 5.84. The van der Waals surface area contributed by atoms with E-state index in [0.29, 0.717) is 18.1 Å². The van der Waals surface area contributed by atoms with E-state index in [2.05, 4.69) is 6.92 Å². The highest BCUT2D eigenvalue weighted by Crippen LogP contribution is 2.26. The van der Waals surface area contributed by atoms with E-state index in [4.69, 9.17) is 4.74 Å². The number of hydrogen-bond acceptors (Lipinski definition) is 2. The Balaban J connectivity index is 2.45. The third-order valence-corrected chi connectivity index (χ3v) is 2.76. The van der Waals surface area contributed by atoms with Gasteiger partial charge < -0.3 is 4.74 Å². The predicted molar refractivity (Wildman–Crippen MR) is 52.6 cm³/mol. The van der Waals surface area contributed by atoms with Gasteiger partial charge in [-0.05, 0) is 12.3 Å². The lowest BCUT2D eigenvalue weighted by Crippen LogP contribution is -2.27. The van der Waals surface area contributed by atoms with Gasteiger partial charge in [-0.1, -0.05) is 27.7 Å². The molecule has 0 unspecified atom stereocenters. The minimum Gasteiger partial charge on any atom is -0.377 e. The van der Waals surface area contributed by atoms with Crippen LogP contribution in [0.15, 0.2) is 0 Å². The van der Waals surface area contributed by atoms with Crippen molar-refractivity contribution in [3.8, 4) is 0 Å². The molecule has 0 amide bonds. The van der Waals surface area contributed by atoms with Gasteiger partial charge in [0, 0.05) is 18.4 Å². The minimum absolute atomic E-state index is 0.173. The second-order valence-electron chi connectivity index (χ2n) is 5.05. The van der Waals surface area contributed by atoms with Gasteiger partial charge in [0.15, 0.2) is 0 Å². The zero-order chi connectivity index (χ0) is 10.1. The quantitative estimate of drug-likeness (QED) is 0.658. The number of carbonyl (C=O) groups excluding carboxylic acids is 1. The first kappa shape index (κ1) is 10.7. The summed E-state index contributed by atoms with van der Waals surface area (Å²) in [7, 11) is 0. The summed E-state index contributed by atoms with van der Waals surface area (Å²) in [6.07, 6.45) is 1.86. The first-order chi connectivity index (χ1) is 5.91. The number of carbonyl (C=O) groups is 1. The maximum Gasteiger partial charge on any atom is 0.140 e. The predicted octanol–water partition coefficient (Wildman–Crippen LogP) is 2.42. The molecule has 0 spiro atoms. The third kappa shape index (κ3) is 2.80. The highest BCUT2D eigenvalue weighted by atomic mass is 16.5. The topological polar surface area (TPSA) is 26.3 Å². The number of hydrogen-bond donors (Lipinski definition) is 0. The second kappa shape index (κ2) is 3.79. The molecule has 0 aromatic heterocycles. The van der Waals surface area contributed by atoms with Crippen LogP contribution in [-0.4, -0.2) is 18.5 Å². The molecule has 2 atom stereocenters. The van der Waals surface area contributed by atoms with Crippen molar-refractivity contribution in [1.82, 2.24) is 0 Å². The number of rotatable bonds is 2. The van der Waals surface area contributed by atoms with Crippen LogP contribution in [0, 0.1) is 11.3 Å². The molecule has 0 radical (unpaired) electrons. The van der Waals surface area contributed by atoms with Gasteiger partial charge in [-0.25, -0.2) is 0 Å². The van der Waals surface area contributed by atoms with E-state index in [1.807, 2.05) is 20.8 Å². The summed E-state index contributed by atoms with van der Waals surface area (Å²) in [4.78, 5) is 11.7. The molecule has 2 heteroatoms. The molecule has 0 saturated carbocycles. The van der Waals surface area contributed by atoms with Crippen LogP contribution in [0.25, 0.3) is 0 Å². The van der Waals surface area contributed by atoms with Crippen LogP contribution in [0.5, 0.6) is 0 Å². The van der Waals surface area contributed by atoms with Gasteiger partial charge in [0.25, 0.3) is 0 Å². The summed E-state index contributed by atoms with van der Waals surface area (Å²) in [5.74, 6) is 0.859. The summed E-state index contributed by atoms with van der Waals surface area (Å²) >= 11 is 0. The lowest BCUT2D eigenvalue weighted by molar-refractivity contribution is -0.128. The van der Waals surface area contributed by atoms with E-state index in [1.165, 1.54) is 0 Å². The first-order valence-corrected chi connectivity index (χ1v) is 5.06. The van der Waals surface area contributed by atoms with Gasteiger partial charge in [0.2, 0.25) is 0 Å². The van der Waals surface area contributed by atoms with Crippen LogP contribution < -0.4 is 0 Å². The fraction of sp³-hybridized carbons (Fsp3) is 0.909. The Morgan fingerprint density at radius 2 is 2.08 bits per heavy atom. The van der Waals surface area contributed by atoms with Gasteiger partial charge in [0.1, 0.15) is 5.78 Å². The standard InChI is InChI=1S/C11H20O2/c1-8-5-6-13-9(8)7-10(12)11(2,3)4/h8-9H,5-7H2,1-4H3/t8-,9-/m1/s1. The lowest BCUT2D eigenvalue weighted by Gasteiger charge is -2.20. The monoisotopic (exact) mass is 184 g/mol. The van der Waals surface area contributed by atoms with Crippen LogP contribution in [0.4, 0.5) is 0 Å². The molecule has 0 aromatic rings. The van der Waals surface area contributed by atoms with Gasteiger partial charge in [-0.15, -0.1) is 0 Å². The molecule has 1 fully saturated rings. The molecule has 2 nitrogen and oxygen atoms in total. The van der Waals surface area contributed by atoms with E-state index in [-0.39, 0.29) is 11.5 Å². The van der Waals surface area contributed by atoms with Crippen molar-refractivity contribution in [2.24, 2.45) is 11.3 Å². The van der Waals surface area contributed by atoms with Crippen molar-refractivity contribution in [2.75, 3.05) is 6.61 Å². The summed E-state index contributed by atoms with van der Waals surface area (Å²) in [5.41, 5.74) is -0.217. The van der Waals surface area contributed by atoms with Gasteiger partial charge >= 0.3 is 0 Å². The Bertz CT molecular complexity index is 191. The fourth-order valence-corrected chi connectivity index (χ4v) is 1.50. The molecular weight excluding hydrogens is 164 g/mol. The van der Waals surface area contributed by atoms with Gasteiger partial charge in [0.05, 0.1) is 6.10 Å². The second-order valence-corrected chi connectivity index (χ2v) is 5.05. The maximum absolute atomic E-state index is 11.7. The molecule has 1 aliphatic rings. The molecule has 0 aliphatic carbocycles. The molecule has 0 N–H and O–H groups in total. The fourth-order valence-electron chi connectivity index (χ4n) is 1.50. The van der Waals surface area contributed by atoms with Crippen molar-refractivity contribution in [3.05, 3.63) is 0 Å². The summed E-state index contributed by atoms with van der Waals surface area (Å²) < 4.78 is 5.51. The van der Waals surface area contributed by atoms with Crippen LogP contribution in [0.2, 0.25) is 0 Å². The molecular formula is C11H20O2. The number of ether oxygens (including phenoxy) is 1. The van der Waals surface area contributed by atoms with Crippen molar-refractivity contribution in [2.45, 2.75) is 46.6 Å².